The van der Waals surface area contributed by atoms with Crippen molar-refractivity contribution in [3.63, 3.8) is 0 Å². The van der Waals surface area contributed by atoms with Crippen LogP contribution in [0.2, 0.25) is 0 Å². The van der Waals surface area contributed by atoms with E-state index in [1.54, 1.807) is 24.3 Å². The summed E-state index contributed by atoms with van der Waals surface area (Å²) in [5.41, 5.74) is 1.33. The van der Waals surface area contributed by atoms with E-state index in [-0.39, 0.29) is 18.2 Å². The molecule has 6 heteroatoms. The Hall–Kier alpha value is -2.89. The summed E-state index contributed by atoms with van der Waals surface area (Å²) in [5.74, 6) is -0.779. The normalized spacial score (nSPS) is 15.3. The Labute approximate surface area is 138 Å². The minimum atomic E-state index is -0.562. The number of methoxy groups -OCH3 is 1. The first-order chi connectivity index (χ1) is 11.6. The Morgan fingerprint density at radius 1 is 1.29 bits per heavy atom. The summed E-state index contributed by atoms with van der Waals surface area (Å²) in [6.07, 6.45) is 0.293. The summed E-state index contributed by atoms with van der Waals surface area (Å²) in [6, 6.07) is 10.9. The molecule has 2 aromatic carbocycles. The Morgan fingerprint density at radius 2 is 2.08 bits per heavy atom. The van der Waals surface area contributed by atoms with Gasteiger partial charge < -0.3 is 14.8 Å². The van der Waals surface area contributed by atoms with Gasteiger partial charge in [0.15, 0.2) is 0 Å². The molecule has 24 heavy (non-hydrogen) atoms. The van der Waals surface area contributed by atoms with Crippen LogP contribution in [-0.2, 0) is 11.2 Å². The molecule has 0 radical (unpaired) electrons. The summed E-state index contributed by atoms with van der Waals surface area (Å²) in [7, 11) is 1.33. The first kappa shape index (κ1) is 16.0. The number of hydrogen-bond acceptors (Lipinski definition) is 4. The molecule has 0 saturated carbocycles. The molecule has 0 aliphatic carbocycles. The number of amides is 1. The molecule has 5 nitrogen and oxygen atoms in total. The third kappa shape index (κ3) is 3.22. The molecule has 3 rings (SSSR count). The van der Waals surface area contributed by atoms with Crippen LogP contribution < -0.4 is 10.1 Å². The highest BCUT2D eigenvalue weighted by molar-refractivity contribution is 5.94. The number of benzene rings is 2. The van der Waals surface area contributed by atoms with Crippen molar-refractivity contribution < 1.29 is 23.5 Å². The van der Waals surface area contributed by atoms with Crippen molar-refractivity contribution in [2.75, 3.05) is 13.7 Å². The number of carbonyl (C=O) groups excluding carboxylic acids is 2. The van der Waals surface area contributed by atoms with Crippen molar-refractivity contribution in [3.05, 3.63) is 65.0 Å². The van der Waals surface area contributed by atoms with Crippen LogP contribution in [0.25, 0.3) is 0 Å². The summed E-state index contributed by atoms with van der Waals surface area (Å²) >= 11 is 0. The molecule has 1 heterocycles. The van der Waals surface area contributed by atoms with Crippen molar-refractivity contribution in [2.24, 2.45) is 0 Å². The van der Waals surface area contributed by atoms with Crippen LogP contribution in [0.3, 0.4) is 0 Å². The number of fused-ring (bicyclic) bond motifs is 1. The molecule has 1 aliphatic heterocycles. The number of hydrogen-bond donors (Lipinski definition) is 1. The van der Waals surface area contributed by atoms with Gasteiger partial charge in [-0.15, -0.1) is 0 Å². The molecule has 1 aliphatic rings. The fourth-order valence-corrected chi connectivity index (χ4v) is 2.63. The van der Waals surface area contributed by atoms with Crippen LogP contribution >= 0.6 is 0 Å². The van der Waals surface area contributed by atoms with Gasteiger partial charge in [-0.25, -0.2) is 9.18 Å². The zero-order valence-corrected chi connectivity index (χ0v) is 13.0. The topological polar surface area (TPSA) is 64.6 Å². The highest BCUT2D eigenvalue weighted by Crippen LogP contribution is 2.29. The number of halogens is 1. The van der Waals surface area contributed by atoms with Crippen LogP contribution in [-0.4, -0.2) is 31.6 Å². The fraction of sp³-hybridized carbons (Fsp3) is 0.222. The minimum absolute atomic E-state index is 0.000915. The molecule has 1 amide bonds. The molecule has 1 atom stereocenters. The molecule has 0 unspecified atom stereocenters. The Morgan fingerprint density at radius 3 is 2.83 bits per heavy atom. The van der Waals surface area contributed by atoms with E-state index in [9.17, 15) is 14.0 Å². The van der Waals surface area contributed by atoms with Gasteiger partial charge >= 0.3 is 5.97 Å². The Kier molecular flexibility index (Phi) is 4.46. The van der Waals surface area contributed by atoms with Crippen LogP contribution in [0.4, 0.5) is 4.39 Å². The second-order valence-corrected chi connectivity index (χ2v) is 5.45. The maximum absolute atomic E-state index is 13.6. The number of ether oxygens (including phenoxy) is 2. The van der Waals surface area contributed by atoms with Crippen LogP contribution in [0.1, 0.15) is 26.3 Å². The molecule has 2 aromatic rings. The quantitative estimate of drug-likeness (QED) is 0.875. The number of rotatable bonds is 4. The number of carbonyl (C=O) groups is 2. The molecular weight excluding hydrogens is 313 g/mol. The summed E-state index contributed by atoms with van der Waals surface area (Å²) < 4.78 is 24.0. The summed E-state index contributed by atoms with van der Waals surface area (Å²) in [6.45, 7) is 0.245. The lowest BCUT2D eigenvalue weighted by molar-refractivity contribution is 0.0600. The largest absolute Gasteiger partial charge is 0.488 e. The van der Waals surface area contributed by atoms with E-state index in [1.807, 2.05) is 0 Å². The molecule has 1 N–H and O–H groups in total. The van der Waals surface area contributed by atoms with Crippen LogP contribution in [0.5, 0.6) is 5.75 Å². The lowest BCUT2D eigenvalue weighted by atomic mass is 10.1. The van der Waals surface area contributed by atoms with E-state index in [2.05, 4.69) is 10.1 Å². The van der Waals surface area contributed by atoms with Crippen LogP contribution in [0.15, 0.2) is 42.5 Å². The zero-order valence-electron chi connectivity index (χ0n) is 13.0. The molecule has 0 saturated heterocycles. The van der Waals surface area contributed by atoms with Gasteiger partial charge in [0.1, 0.15) is 17.7 Å². The van der Waals surface area contributed by atoms with E-state index in [4.69, 9.17) is 4.74 Å². The van der Waals surface area contributed by atoms with Gasteiger partial charge in [-0.3, -0.25) is 4.79 Å². The van der Waals surface area contributed by atoms with Crippen molar-refractivity contribution in [3.8, 4) is 5.75 Å². The van der Waals surface area contributed by atoms with Gasteiger partial charge in [0, 0.05) is 6.42 Å². The predicted molar refractivity (Wildman–Crippen MR) is 84.6 cm³/mol. The van der Waals surface area contributed by atoms with Crippen molar-refractivity contribution in [1.82, 2.24) is 5.32 Å². The second-order valence-electron chi connectivity index (χ2n) is 5.45. The molecule has 0 aromatic heterocycles. The fourth-order valence-electron chi connectivity index (χ4n) is 2.63. The van der Waals surface area contributed by atoms with E-state index >= 15 is 0 Å². The van der Waals surface area contributed by atoms with E-state index in [0.717, 1.165) is 5.56 Å². The number of esters is 1. The van der Waals surface area contributed by atoms with Gasteiger partial charge in [0.25, 0.3) is 5.91 Å². The Bertz CT molecular complexity index is 790. The molecule has 0 spiro atoms. The van der Waals surface area contributed by atoms with E-state index in [0.29, 0.717) is 17.7 Å². The molecule has 0 bridgehead atoms. The molecular formula is C18H16FNO4. The van der Waals surface area contributed by atoms with Gasteiger partial charge in [0.05, 0.1) is 24.8 Å². The van der Waals surface area contributed by atoms with Gasteiger partial charge in [0.2, 0.25) is 0 Å². The second kappa shape index (κ2) is 6.70. The van der Waals surface area contributed by atoms with E-state index < -0.39 is 17.7 Å². The maximum Gasteiger partial charge on any atom is 0.337 e. The highest BCUT2D eigenvalue weighted by atomic mass is 19.1. The SMILES string of the molecule is COC(=O)c1ccc2c(c1)C[C@H](CNC(=O)c1ccccc1F)O2. The van der Waals surface area contributed by atoms with Crippen molar-refractivity contribution in [2.45, 2.75) is 12.5 Å². The first-order valence-corrected chi connectivity index (χ1v) is 7.49. The lowest BCUT2D eigenvalue weighted by Gasteiger charge is -2.12. The predicted octanol–water partition coefficient (Wildman–Crippen LogP) is 2.35. The average Bonchev–Trinajstić information content (AvgIpc) is 3.01. The monoisotopic (exact) mass is 329 g/mol. The lowest BCUT2D eigenvalue weighted by Crippen LogP contribution is -2.34. The standard InChI is InChI=1S/C18H16FNO4/c1-23-18(22)11-6-7-16-12(8-11)9-13(24-16)10-20-17(21)14-4-2-3-5-15(14)19/h2-8,13H,9-10H2,1H3,(H,20,21)/t13-/m1/s1. The smallest absolute Gasteiger partial charge is 0.337 e. The maximum atomic E-state index is 13.6. The zero-order chi connectivity index (χ0) is 17.1. The van der Waals surface area contributed by atoms with Gasteiger partial charge in [-0.1, -0.05) is 12.1 Å². The molecule has 124 valence electrons. The summed E-state index contributed by atoms with van der Waals surface area (Å²) in [5, 5.41) is 2.67. The number of nitrogens with one attached hydrogen (secondary N) is 1. The summed E-state index contributed by atoms with van der Waals surface area (Å²) in [4.78, 5) is 23.6. The van der Waals surface area contributed by atoms with Gasteiger partial charge in [-0.2, -0.15) is 0 Å². The van der Waals surface area contributed by atoms with Gasteiger partial charge in [-0.05, 0) is 35.9 Å². The first-order valence-electron chi connectivity index (χ1n) is 7.49. The average molecular weight is 329 g/mol. The third-order valence-electron chi connectivity index (χ3n) is 3.83. The third-order valence-corrected chi connectivity index (χ3v) is 3.83. The van der Waals surface area contributed by atoms with Crippen molar-refractivity contribution in [1.29, 1.82) is 0 Å². The van der Waals surface area contributed by atoms with E-state index in [1.165, 1.54) is 25.3 Å². The highest BCUT2D eigenvalue weighted by Gasteiger charge is 2.25. The van der Waals surface area contributed by atoms with Crippen LogP contribution in [0, 0.1) is 5.82 Å². The molecule has 0 fully saturated rings. The van der Waals surface area contributed by atoms with Crippen molar-refractivity contribution >= 4 is 11.9 Å². The minimum Gasteiger partial charge on any atom is -0.488 e. The Balaban J connectivity index is 1.61.